The zero-order chi connectivity index (χ0) is 23.1. The van der Waals surface area contributed by atoms with Crippen LogP contribution < -0.4 is 9.47 Å². The second-order valence-corrected chi connectivity index (χ2v) is 8.85. The molecule has 0 aliphatic rings. The van der Waals surface area contributed by atoms with Crippen molar-refractivity contribution in [2.45, 2.75) is 38.0 Å². The number of imidazole rings is 1. The number of nitrogens with zero attached hydrogens (tertiary/aromatic N) is 2. The van der Waals surface area contributed by atoms with E-state index < -0.39 is 12.2 Å². The van der Waals surface area contributed by atoms with E-state index in [0.29, 0.717) is 23.1 Å². The first kappa shape index (κ1) is 24.4. The molecule has 0 radical (unpaired) electrons. The van der Waals surface area contributed by atoms with Gasteiger partial charge in [0.2, 0.25) is 0 Å². The Labute approximate surface area is 198 Å². The summed E-state index contributed by atoms with van der Waals surface area (Å²) in [6.07, 6.45) is 3.77. The standard InChI is InChI=1S/C24H28Cl2N2O4/c1-24(2,18-5-8-23(22(26)11-18)32-14-19(29)12-25)17-3-6-21(7-4-17)31-15-20(30)13-28-10-9-27-16-28/h3-11,16,19-20,29-30H,12-15H2,1-2H3. The third-order valence-corrected chi connectivity index (χ3v) is 5.91. The number of ether oxygens (including phenoxy) is 2. The van der Waals surface area contributed by atoms with E-state index in [-0.39, 0.29) is 24.5 Å². The lowest BCUT2D eigenvalue weighted by Gasteiger charge is -2.27. The lowest BCUT2D eigenvalue weighted by Crippen LogP contribution is -2.23. The van der Waals surface area contributed by atoms with Crippen LogP contribution in [0, 0.1) is 0 Å². The molecule has 3 aromatic rings. The first-order valence-corrected chi connectivity index (χ1v) is 11.2. The molecule has 2 N–H and O–H groups in total. The van der Waals surface area contributed by atoms with Crippen molar-refractivity contribution in [2.24, 2.45) is 0 Å². The van der Waals surface area contributed by atoms with Crippen LogP contribution >= 0.6 is 23.2 Å². The van der Waals surface area contributed by atoms with E-state index in [4.69, 9.17) is 32.7 Å². The van der Waals surface area contributed by atoms with Gasteiger partial charge < -0.3 is 24.3 Å². The molecule has 172 valence electrons. The Morgan fingerprint density at radius 1 is 1.00 bits per heavy atom. The lowest BCUT2D eigenvalue weighted by atomic mass is 9.78. The van der Waals surface area contributed by atoms with Crippen LogP contribution in [0.4, 0.5) is 0 Å². The number of halogens is 2. The van der Waals surface area contributed by atoms with Gasteiger partial charge in [-0.2, -0.15) is 0 Å². The van der Waals surface area contributed by atoms with E-state index in [2.05, 4.69) is 18.8 Å². The Morgan fingerprint density at radius 3 is 2.31 bits per heavy atom. The van der Waals surface area contributed by atoms with Crippen molar-refractivity contribution in [1.29, 1.82) is 0 Å². The molecule has 2 unspecified atom stereocenters. The smallest absolute Gasteiger partial charge is 0.138 e. The highest BCUT2D eigenvalue weighted by Gasteiger charge is 2.24. The average molecular weight is 479 g/mol. The van der Waals surface area contributed by atoms with Crippen molar-refractivity contribution < 1.29 is 19.7 Å². The van der Waals surface area contributed by atoms with Crippen LogP contribution in [0.3, 0.4) is 0 Å². The fraction of sp³-hybridized carbons (Fsp3) is 0.375. The monoisotopic (exact) mass is 478 g/mol. The maximum Gasteiger partial charge on any atom is 0.138 e. The molecular formula is C24H28Cl2N2O4. The van der Waals surface area contributed by atoms with Crippen LogP contribution in [0.15, 0.2) is 61.2 Å². The predicted molar refractivity (Wildman–Crippen MR) is 126 cm³/mol. The Balaban J connectivity index is 1.62. The Kier molecular flexibility index (Phi) is 8.43. The minimum absolute atomic E-state index is 0.0877. The Morgan fingerprint density at radius 2 is 1.69 bits per heavy atom. The van der Waals surface area contributed by atoms with Gasteiger partial charge in [-0.15, -0.1) is 11.6 Å². The fourth-order valence-electron chi connectivity index (χ4n) is 3.25. The van der Waals surface area contributed by atoms with E-state index >= 15 is 0 Å². The summed E-state index contributed by atoms with van der Waals surface area (Å²) in [5.74, 6) is 1.30. The van der Waals surface area contributed by atoms with E-state index in [1.807, 2.05) is 36.4 Å². The third kappa shape index (κ3) is 6.39. The molecule has 0 aliphatic heterocycles. The van der Waals surface area contributed by atoms with Crippen LogP contribution in [0.1, 0.15) is 25.0 Å². The summed E-state index contributed by atoms with van der Waals surface area (Å²) in [6.45, 7) is 4.93. The lowest BCUT2D eigenvalue weighted by molar-refractivity contribution is 0.0924. The zero-order valence-corrected chi connectivity index (χ0v) is 19.6. The van der Waals surface area contributed by atoms with Crippen LogP contribution in [0.2, 0.25) is 5.02 Å². The van der Waals surface area contributed by atoms with Gasteiger partial charge in [-0.3, -0.25) is 0 Å². The number of aromatic nitrogens is 2. The summed E-state index contributed by atoms with van der Waals surface area (Å²) in [5.41, 5.74) is 1.81. The zero-order valence-electron chi connectivity index (χ0n) is 18.1. The van der Waals surface area contributed by atoms with Gasteiger partial charge in [0, 0.05) is 17.8 Å². The van der Waals surface area contributed by atoms with Crippen molar-refractivity contribution in [2.75, 3.05) is 19.1 Å². The predicted octanol–water partition coefficient (Wildman–Crippen LogP) is 4.28. The topological polar surface area (TPSA) is 76.7 Å². The van der Waals surface area contributed by atoms with Crippen molar-refractivity contribution >= 4 is 23.2 Å². The van der Waals surface area contributed by atoms with Gasteiger partial charge >= 0.3 is 0 Å². The highest BCUT2D eigenvalue weighted by atomic mass is 35.5. The third-order valence-electron chi connectivity index (χ3n) is 5.26. The van der Waals surface area contributed by atoms with Gasteiger partial charge in [-0.25, -0.2) is 4.98 Å². The van der Waals surface area contributed by atoms with Gasteiger partial charge in [0.05, 0.1) is 23.8 Å². The molecule has 2 aromatic carbocycles. The van der Waals surface area contributed by atoms with E-state index in [1.54, 1.807) is 29.4 Å². The average Bonchev–Trinajstić information content (AvgIpc) is 3.29. The summed E-state index contributed by atoms with van der Waals surface area (Å²) >= 11 is 12.0. The molecule has 0 spiro atoms. The first-order chi connectivity index (χ1) is 15.3. The second kappa shape index (κ2) is 11.1. The number of hydrogen-bond donors (Lipinski definition) is 2. The molecule has 0 aliphatic carbocycles. The Bertz CT molecular complexity index is 978. The quantitative estimate of drug-likeness (QED) is 0.402. The van der Waals surface area contributed by atoms with Crippen molar-refractivity contribution in [3.05, 3.63) is 77.3 Å². The number of hydrogen-bond acceptors (Lipinski definition) is 5. The van der Waals surface area contributed by atoms with Gasteiger partial charge in [-0.05, 0) is 35.4 Å². The van der Waals surface area contributed by atoms with Crippen molar-refractivity contribution in [3.63, 3.8) is 0 Å². The van der Waals surface area contributed by atoms with E-state index in [1.165, 1.54) is 0 Å². The summed E-state index contributed by atoms with van der Waals surface area (Å²) in [5, 5.41) is 20.2. The number of alkyl halides is 1. The molecule has 1 heterocycles. The maximum atomic E-state index is 10.1. The maximum absolute atomic E-state index is 10.1. The van der Waals surface area contributed by atoms with Crippen LogP contribution in [0.5, 0.6) is 11.5 Å². The molecule has 6 nitrogen and oxygen atoms in total. The van der Waals surface area contributed by atoms with Crippen LogP contribution in [-0.4, -0.2) is 51.1 Å². The molecule has 2 atom stereocenters. The molecule has 1 aromatic heterocycles. The van der Waals surface area contributed by atoms with Crippen LogP contribution in [-0.2, 0) is 12.0 Å². The molecule has 0 fully saturated rings. The van der Waals surface area contributed by atoms with Gasteiger partial charge in [-0.1, -0.05) is 43.6 Å². The first-order valence-electron chi connectivity index (χ1n) is 10.3. The molecule has 32 heavy (non-hydrogen) atoms. The molecule has 8 heteroatoms. The summed E-state index contributed by atoms with van der Waals surface area (Å²) < 4.78 is 13.1. The van der Waals surface area contributed by atoms with Crippen molar-refractivity contribution in [1.82, 2.24) is 9.55 Å². The normalized spacial score (nSPS) is 13.6. The van der Waals surface area contributed by atoms with Gasteiger partial charge in [0.15, 0.2) is 0 Å². The van der Waals surface area contributed by atoms with Gasteiger partial charge in [0.25, 0.3) is 0 Å². The molecule has 0 bridgehead atoms. The summed E-state index contributed by atoms with van der Waals surface area (Å²) in [4.78, 5) is 3.96. The molecule has 0 saturated heterocycles. The molecule has 0 saturated carbocycles. The minimum atomic E-state index is -0.739. The summed E-state index contributed by atoms with van der Waals surface area (Å²) in [6, 6.07) is 13.5. The fourth-order valence-corrected chi connectivity index (χ4v) is 3.58. The molecular weight excluding hydrogens is 451 g/mol. The van der Waals surface area contributed by atoms with E-state index in [0.717, 1.165) is 11.1 Å². The highest BCUT2D eigenvalue weighted by Crippen LogP contribution is 2.36. The van der Waals surface area contributed by atoms with Crippen LogP contribution in [0.25, 0.3) is 0 Å². The number of aliphatic hydroxyl groups excluding tert-OH is 2. The second-order valence-electron chi connectivity index (χ2n) is 8.14. The van der Waals surface area contributed by atoms with Gasteiger partial charge in [0.1, 0.15) is 36.9 Å². The largest absolute Gasteiger partial charge is 0.491 e. The summed E-state index contributed by atoms with van der Waals surface area (Å²) in [7, 11) is 0. The molecule has 0 amide bonds. The number of benzene rings is 2. The number of aliphatic hydroxyl groups is 2. The highest BCUT2D eigenvalue weighted by molar-refractivity contribution is 6.32. The molecule has 3 rings (SSSR count). The number of rotatable bonds is 11. The van der Waals surface area contributed by atoms with Crippen molar-refractivity contribution in [3.8, 4) is 11.5 Å². The Hall–Kier alpha value is -2.25. The van der Waals surface area contributed by atoms with E-state index in [9.17, 15) is 10.2 Å². The minimum Gasteiger partial charge on any atom is -0.491 e. The SMILES string of the molecule is CC(C)(c1ccc(OCC(O)Cn2ccnc2)cc1)c1ccc(OCC(O)CCl)c(Cl)c1.